The molecule has 0 saturated carbocycles. The number of carboxylic acids is 1. The molecule has 1 saturated heterocycles. The molecule has 0 aromatic heterocycles. The molecule has 3 aromatic rings. The lowest BCUT2D eigenvalue weighted by Crippen LogP contribution is -2.54. The fraction of sp³-hybridized carbons (Fsp3) is 0.0400. The third kappa shape index (κ3) is 5.54. The van der Waals surface area contributed by atoms with Crippen LogP contribution in [0.3, 0.4) is 0 Å². The summed E-state index contributed by atoms with van der Waals surface area (Å²) in [5.74, 6) is -2.22. The Labute approximate surface area is 218 Å². The molecule has 1 aliphatic rings. The van der Waals surface area contributed by atoms with Crippen LogP contribution in [0.25, 0.3) is 6.08 Å². The van der Waals surface area contributed by atoms with Crippen molar-refractivity contribution in [2.24, 2.45) is 0 Å². The number of halogens is 2. The lowest BCUT2D eigenvalue weighted by Gasteiger charge is -2.29. The monoisotopic (exact) mass is 602 g/mol. The number of anilines is 1. The van der Waals surface area contributed by atoms with Gasteiger partial charge in [-0.2, -0.15) is 0 Å². The number of rotatable bonds is 6. The van der Waals surface area contributed by atoms with Crippen molar-refractivity contribution in [3.63, 3.8) is 0 Å². The number of carbonyl (C=O) groups excluding carboxylic acids is 2. The topological polar surface area (TPSA) is 95.9 Å². The number of amides is 2. The molecule has 1 heterocycles. The van der Waals surface area contributed by atoms with Gasteiger partial charge in [-0.1, -0.05) is 24.3 Å². The zero-order valence-corrected chi connectivity index (χ0v) is 20.8. The molecule has 176 valence electrons. The van der Waals surface area contributed by atoms with Crippen molar-refractivity contribution in [3.05, 3.63) is 98.4 Å². The van der Waals surface area contributed by atoms with Gasteiger partial charge in [0.1, 0.15) is 23.7 Å². The second kappa shape index (κ2) is 10.3. The molecule has 0 unspecified atom stereocenters. The molecule has 35 heavy (non-hydrogen) atoms. The molecule has 0 bridgehead atoms. The van der Waals surface area contributed by atoms with Crippen molar-refractivity contribution in [2.75, 3.05) is 4.90 Å². The Bertz CT molecular complexity index is 1390. The van der Waals surface area contributed by atoms with Gasteiger partial charge in [0.05, 0.1) is 14.8 Å². The fourth-order valence-electron chi connectivity index (χ4n) is 3.30. The Kier molecular flexibility index (Phi) is 7.22. The number of hydrogen-bond donors (Lipinski definition) is 2. The Morgan fingerprint density at radius 2 is 1.86 bits per heavy atom. The molecule has 0 spiro atoms. The van der Waals surface area contributed by atoms with Gasteiger partial charge in [-0.15, -0.1) is 0 Å². The first-order valence-electron chi connectivity index (χ1n) is 10.1. The number of hydrogen-bond acceptors (Lipinski definition) is 5. The van der Waals surface area contributed by atoms with Crippen LogP contribution in [-0.4, -0.2) is 28.0 Å². The lowest BCUT2D eigenvalue weighted by atomic mass is 10.1. The predicted octanol–water partition coefficient (Wildman–Crippen LogP) is 4.54. The summed E-state index contributed by atoms with van der Waals surface area (Å²) < 4.78 is 19.6. The van der Waals surface area contributed by atoms with Crippen molar-refractivity contribution in [1.29, 1.82) is 0 Å². The van der Waals surface area contributed by atoms with Crippen LogP contribution in [-0.2, 0) is 16.2 Å². The molecule has 2 amide bonds. The second-order valence-corrected chi connectivity index (χ2v) is 8.97. The van der Waals surface area contributed by atoms with Crippen LogP contribution in [0.1, 0.15) is 21.5 Å². The van der Waals surface area contributed by atoms with Crippen LogP contribution in [0, 0.1) is 9.39 Å². The third-order valence-electron chi connectivity index (χ3n) is 5.03. The zero-order valence-electron chi connectivity index (χ0n) is 17.8. The van der Waals surface area contributed by atoms with E-state index in [4.69, 9.17) is 17.0 Å². The molecule has 2 N–H and O–H groups in total. The number of ether oxygens (including phenoxy) is 1. The van der Waals surface area contributed by atoms with Gasteiger partial charge in [-0.05, 0) is 94.5 Å². The SMILES string of the molecule is O=C1NC(=S)N(c2cccc(C(=O)O)c2)C(=O)C1=Cc1ccc(OCc2ccc(F)cc2)c(I)c1. The van der Waals surface area contributed by atoms with E-state index >= 15 is 0 Å². The van der Waals surface area contributed by atoms with Gasteiger partial charge < -0.3 is 9.84 Å². The lowest BCUT2D eigenvalue weighted by molar-refractivity contribution is -0.122. The summed E-state index contributed by atoms with van der Waals surface area (Å²) in [6.07, 6.45) is 1.43. The van der Waals surface area contributed by atoms with E-state index in [1.165, 1.54) is 42.5 Å². The standard InChI is InChI=1S/C25H16FIN2O5S/c26-17-7-4-14(5-8-17)13-34-21-9-6-15(11-20(21)27)10-19-22(30)28-25(35)29(23(19)31)18-3-1-2-16(12-18)24(32)33/h1-12H,13H2,(H,32,33)(H,28,30,35). The van der Waals surface area contributed by atoms with Crippen molar-refractivity contribution in [3.8, 4) is 5.75 Å². The average Bonchev–Trinajstić information content (AvgIpc) is 2.82. The third-order valence-corrected chi connectivity index (χ3v) is 6.16. The van der Waals surface area contributed by atoms with Crippen LogP contribution in [0.15, 0.2) is 72.3 Å². The molecule has 10 heteroatoms. The van der Waals surface area contributed by atoms with Gasteiger partial charge in [0, 0.05) is 0 Å². The number of benzene rings is 3. The van der Waals surface area contributed by atoms with E-state index in [-0.39, 0.29) is 34.4 Å². The highest BCUT2D eigenvalue weighted by Gasteiger charge is 2.34. The largest absolute Gasteiger partial charge is 0.488 e. The molecule has 1 aliphatic heterocycles. The molecule has 0 aliphatic carbocycles. The second-order valence-electron chi connectivity index (χ2n) is 7.42. The molecular formula is C25H16FIN2O5S. The highest BCUT2D eigenvalue weighted by molar-refractivity contribution is 14.1. The first-order chi connectivity index (χ1) is 16.7. The summed E-state index contributed by atoms with van der Waals surface area (Å²) in [5, 5.41) is 11.6. The van der Waals surface area contributed by atoms with Crippen LogP contribution in [0.4, 0.5) is 10.1 Å². The quantitative estimate of drug-likeness (QED) is 0.186. The van der Waals surface area contributed by atoms with Gasteiger partial charge in [0.25, 0.3) is 11.8 Å². The van der Waals surface area contributed by atoms with E-state index in [9.17, 15) is 23.9 Å². The molecule has 3 aromatic carbocycles. The van der Waals surface area contributed by atoms with Crippen molar-refractivity contribution >= 4 is 69.5 Å². The summed E-state index contributed by atoms with van der Waals surface area (Å²) in [6, 6.07) is 16.8. The van der Waals surface area contributed by atoms with Gasteiger partial charge in [-0.3, -0.25) is 19.8 Å². The van der Waals surface area contributed by atoms with Crippen molar-refractivity contribution in [2.45, 2.75) is 6.61 Å². The van der Waals surface area contributed by atoms with E-state index < -0.39 is 17.8 Å². The predicted molar refractivity (Wildman–Crippen MR) is 139 cm³/mol. The van der Waals surface area contributed by atoms with Gasteiger partial charge in [0.15, 0.2) is 5.11 Å². The number of carboxylic acid groups (broad SMARTS) is 1. The summed E-state index contributed by atoms with van der Waals surface area (Å²) in [5.41, 5.74) is 1.43. The van der Waals surface area contributed by atoms with Crippen LogP contribution in [0.5, 0.6) is 5.75 Å². The molecular weight excluding hydrogens is 586 g/mol. The molecule has 1 fully saturated rings. The minimum atomic E-state index is -1.15. The van der Waals surface area contributed by atoms with Gasteiger partial charge >= 0.3 is 5.97 Å². The summed E-state index contributed by atoms with van der Waals surface area (Å²) in [7, 11) is 0. The number of thiocarbonyl (C=S) groups is 1. The average molecular weight is 602 g/mol. The minimum absolute atomic E-state index is 0.0219. The van der Waals surface area contributed by atoms with Crippen LogP contribution in [0.2, 0.25) is 0 Å². The van der Waals surface area contributed by atoms with Gasteiger partial charge in [0.2, 0.25) is 0 Å². The van der Waals surface area contributed by atoms with Crippen LogP contribution < -0.4 is 15.0 Å². The van der Waals surface area contributed by atoms with E-state index in [1.54, 1.807) is 30.3 Å². The van der Waals surface area contributed by atoms with E-state index in [1.807, 2.05) is 0 Å². The minimum Gasteiger partial charge on any atom is -0.488 e. The van der Waals surface area contributed by atoms with Crippen LogP contribution >= 0.6 is 34.8 Å². The fourth-order valence-corrected chi connectivity index (χ4v) is 4.28. The number of aromatic carboxylic acids is 1. The van der Waals surface area contributed by atoms with E-state index in [2.05, 4.69) is 27.9 Å². The van der Waals surface area contributed by atoms with Gasteiger partial charge in [-0.25, -0.2) is 9.18 Å². The zero-order chi connectivity index (χ0) is 25.1. The summed E-state index contributed by atoms with van der Waals surface area (Å²) in [4.78, 5) is 38.1. The normalized spacial score (nSPS) is 14.7. The smallest absolute Gasteiger partial charge is 0.335 e. The van der Waals surface area contributed by atoms with Crippen molar-refractivity contribution < 1.29 is 28.6 Å². The Morgan fingerprint density at radius 1 is 1.11 bits per heavy atom. The number of nitrogens with one attached hydrogen (secondary N) is 1. The molecule has 4 rings (SSSR count). The number of carbonyl (C=O) groups is 3. The first kappa shape index (κ1) is 24.5. The number of nitrogens with zero attached hydrogens (tertiary/aromatic N) is 1. The highest BCUT2D eigenvalue weighted by atomic mass is 127. The molecule has 0 atom stereocenters. The Morgan fingerprint density at radius 3 is 2.54 bits per heavy atom. The maximum Gasteiger partial charge on any atom is 0.335 e. The first-order valence-corrected chi connectivity index (χ1v) is 11.6. The summed E-state index contributed by atoms with van der Waals surface area (Å²) >= 11 is 7.24. The molecule has 7 nitrogen and oxygen atoms in total. The maximum atomic E-state index is 13.2. The Hall–Kier alpha value is -3.64. The Balaban J connectivity index is 1.57. The summed E-state index contributed by atoms with van der Waals surface area (Å²) in [6.45, 7) is 0.249. The highest BCUT2D eigenvalue weighted by Crippen LogP contribution is 2.27. The molecule has 0 radical (unpaired) electrons. The van der Waals surface area contributed by atoms with E-state index in [0.717, 1.165) is 14.0 Å². The van der Waals surface area contributed by atoms with E-state index in [0.29, 0.717) is 11.3 Å². The maximum absolute atomic E-state index is 13.2. The van der Waals surface area contributed by atoms with Crippen molar-refractivity contribution in [1.82, 2.24) is 5.32 Å².